The molecule has 3 nitrogen and oxygen atoms in total. The average molecular weight is 280 g/mol. The summed E-state index contributed by atoms with van der Waals surface area (Å²) in [4.78, 5) is 11.7. The van der Waals surface area contributed by atoms with Crippen molar-refractivity contribution in [2.24, 2.45) is 5.73 Å². The van der Waals surface area contributed by atoms with Crippen LogP contribution in [0.2, 0.25) is 15.1 Å². The van der Waals surface area contributed by atoms with Gasteiger partial charge in [-0.2, -0.15) is 0 Å². The van der Waals surface area contributed by atoms with E-state index in [2.05, 4.69) is 5.32 Å². The zero-order chi connectivity index (χ0) is 11.9. The Morgan fingerprint density at radius 1 is 1.19 bits per heavy atom. The molecule has 6 heteroatoms. The van der Waals surface area contributed by atoms with Crippen LogP contribution in [0, 0.1) is 0 Å². The van der Waals surface area contributed by atoms with E-state index in [4.69, 9.17) is 40.5 Å². The lowest BCUT2D eigenvalue weighted by molar-refractivity contribution is -0.118. The summed E-state index contributed by atoms with van der Waals surface area (Å²) in [5.41, 5.74) is 5.43. The van der Waals surface area contributed by atoms with Crippen LogP contribution in [-0.2, 0) is 4.79 Å². The molecule has 1 aromatic carbocycles. The molecule has 0 saturated heterocycles. The van der Waals surface area contributed by atoms with Crippen molar-refractivity contribution < 1.29 is 4.79 Å². The highest BCUT2D eigenvalue weighted by Crippen LogP contribution is 2.36. The van der Waals surface area contributed by atoms with E-state index < -0.39 is 5.54 Å². The summed E-state index contributed by atoms with van der Waals surface area (Å²) in [5, 5.41) is 3.66. The van der Waals surface area contributed by atoms with Crippen LogP contribution in [0.1, 0.15) is 12.8 Å². The Hall–Kier alpha value is -0.480. The lowest BCUT2D eigenvalue weighted by Gasteiger charge is -2.12. The minimum Gasteiger partial charge on any atom is -0.323 e. The van der Waals surface area contributed by atoms with Gasteiger partial charge in [-0.1, -0.05) is 34.8 Å². The Kier molecular flexibility index (Phi) is 3.05. The maximum Gasteiger partial charge on any atom is 0.244 e. The molecular weight excluding hydrogens is 270 g/mol. The molecule has 0 bridgehead atoms. The summed E-state index contributed by atoms with van der Waals surface area (Å²) in [6, 6.07) is 2.99. The predicted molar refractivity (Wildman–Crippen MR) is 66.3 cm³/mol. The Morgan fingerprint density at radius 2 is 1.75 bits per heavy atom. The second-order valence-corrected chi connectivity index (χ2v) is 5.08. The van der Waals surface area contributed by atoms with Crippen molar-refractivity contribution in [3.8, 4) is 0 Å². The second kappa shape index (κ2) is 4.08. The first-order valence-corrected chi connectivity index (χ1v) is 5.81. The predicted octanol–water partition coefficient (Wildman–Crippen LogP) is 3.08. The lowest BCUT2D eigenvalue weighted by Crippen LogP contribution is -2.37. The van der Waals surface area contributed by atoms with Gasteiger partial charge in [0.15, 0.2) is 0 Å². The summed E-state index contributed by atoms with van der Waals surface area (Å²) in [5.74, 6) is -0.243. The standard InChI is InChI=1S/C10H9Cl3N2O/c11-5-3-7(13)8(4-6(5)12)15-9(16)10(14)1-2-10/h3-4H,1-2,14H2,(H,15,16). The fraction of sp³-hybridized carbons (Fsp3) is 0.300. The van der Waals surface area contributed by atoms with Crippen LogP contribution < -0.4 is 11.1 Å². The fourth-order valence-corrected chi connectivity index (χ4v) is 1.82. The molecule has 0 aromatic heterocycles. The van der Waals surface area contributed by atoms with Crippen molar-refractivity contribution in [2.75, 3.05) is 5.32 Å². The molecule has 1 saturated carbocycles. The Morgan fingerprint density at radius 3 is 2.31 bits per heavy atom. The zero-order valence-electron chi connectivity index (χ0n) is 8.19. The quantitative estimate of drug-likeness (QED) is 0.818. The van der Waals surface area contributed by atoms with E-state index in [0.717, 1.165) is 0 Å². The van der Waals surface area contributed by atoms with Gasteiger partial charge in [0, 0.05) is 0 Å². The molecule has 0 spiro atoms. The molecule has 1 aliphatic carbocycles. The van der Waals surface area contributed by atoms with Gasteiger partial charge in [0.2, 0.25) is 5.91 Å². The fourth-order valence-electron chi connectivity index (χ4n) is 1.23. The number of carbonyl (C=O) groups is 1. The molecule has 1 aromatic rings. The number of hydrogen-bond donors (Lipinski definition) is 2. The van der Waals surface area contributed by atoms with Crippen LogP contribution in [0.15, 0.2) is 12.1 Å². The monoisotopic (exact) mass is 278 g/mol. The van der Waals surface area contributed by atoms with Gasteiger partial charge >= 0.3 is 0 Å². The highest BCUT2D eigenvalue weighted by molar-refractivity contribution is 6.44. The molecule has 2 rings (SSSR count). The largest absolute Gasteiger partial charge is 0.323 e. The molecule has 1 aliphatic rings. The number of carbonyl (C=O) groups excluding carboxylic acids is 1. The molecule has 0 radical (unpaired) electrons. The average Bonchev–Trinajstić information content (AvgIpc) is 2.94. The number of amides is 1. The summed E-state index contributed by atoms with van der Waals surface area (Å²) in [6.45, 7) is 0. The molecule has 16 heavy (non-hydrogen) atoms. The number of halogens is 3. The Balaban J connectivity index is 2.21. The van der Waals surface area contributed by atoms with E-state index in [1.165, 1.54) is 12.1 Å². The van der Waals surface area contributed by atoms with Crippen LogP contribution in [0.5, 0.6) is 0 Å². The maximum absolute atomic E-state index is 11.7. The van der Waals surface area contributed by atoms with Gasteiger partial charge in [-0.15, -0.1) is 0 Å². The van der Waals surface area contributed by atoms with Crippen molar-refractivity contribution in [3.05, 3.63) is 27.2 Å². The van der Waals surface area contributed by atoms with Crippen LogP contribution in [-0.4, -0.2) is 11.4 Å². The van der Waals surface area contributed by atoms with Crippen molar-refractivity contribution in [3.63, 3.8) is 0 Å². The summed E-state index contributed by atoms with van der Waals surface area (Å²) in [7, 11) is 0. The first-order valence-electron chi connectivity index (χ1n) is 4.67. The topological polar surface area (TPSA) is 55.1 Å². The highest BCUT2D eigenvalue weighted by Gasteiger charge is 2.46. The van der Waals surface area contributed by atoms with Gasteiger partial charge in [-0.25, -0.2) is 0 Å². The van der Waals surface area contributed by atoms with Gasteiger partial charge in [-0.3, -0.25) is 4.79 Å². The van der Waals surface area contributed by atoms with E-state index in [1.807, 2.05) is 0 Å². The molecule has 1 fully saturated rings. The van der Waals surface area contributed by atoms with E-state index >= 15 is 0 Å². The number of benzene rings is 1. The molecule has 86 valence electrons. The third-order valence-corrected chi connectivity index (χ3v) is 3.53. The first-order chi connectivity index (χ1) is 7.42. The lowest BCUT2D eigenvalue weighted by atomic mass is 10.2. The number of nitrogens with two attached hydrogens (primary N) is 1. The molecular formula is C10H9Cl3N2O. The molecule has 3 N–H and O–H groups in total. The van der Waals surface area contributed by atoms with Crippen molar-refractivity contribution >= 4 is 46.4 Å². The molecule has 0 unspecified atom stereocenters. The molecule has 1 amide bonds. The highest BCUT2D eigenvalue weighted by atomic mass is 35.5. The normalized spacial score (nSPS) is 17.0. The number of rotatable bonds is 2. The van der Waals surface area contributed by atoms with Gasteiger partial charge in [0.25, 0.3) is 0 Å². The third-order valence-electron chi connectivity index (χ3n) is 2.50. The van der Waals surface area contributed by atoms with Gasteiger partial charge in [-0.05, 0) is 25.0 Å². The Labute approximate surface area is 108 Å². The third kappa shape index (κ3) is 2.28. The van der Waals surface area contributed by atoms with Crippen molar-refractivity contribution in [2.45, 2.75) is 18.4 Å². The van der Waals surface area contributed by atoms with Crippen LogP contribution in [0.4, 0.5) is 5.69 Å². The number of nitrogens with one attached hydrogen (secondary N) is 1. The summed E-state index contributed by atoms with van der Waals surface area (Å²) in [6.07, 6.45) is 1.38. The second-order valence-electron chi connectivity index (χ2n) is 3.86. The van der Waals surface area contributed by atoms with E-state index in [9.17, 15) is 4.79 Å². The molecule has 0 atom stereocenters. The van der Waals surface area contributed by atoms with E-state index in [1.54, 1.807) is 0 Å². The summed E-state index contributed by atoms with van der Waals surface area (Å²) < 4.78 is 0. The van der Waals surface area contributed by atoms with Gasteiger partial charge in [0.1, 0.15) is 0 Å². The van der Waals surface area contributed by atoms with Crippen molar-refractivity contribution in [1.82, 2.24) is 0 Å². The molecule has 0 aliphatic heterocycles. The minimum absolute atomic E-state index is 0.243. The maximum atomic E-state index is 11.7. The number of hydrogen-bond acceptors (Lipinski definition) is 2. The molecule has 0 heterocycles. The van der Waals surface area contributed by atoms with Crippen LogP contribution in [0.3, 0.4) is 0 Å². The SMILES string of the molecule is NC1(C(=O)Nc2cc(Cl)c(Cl)cc2Cl)CC1. The van der Waals surface area contributed by atoms with E-state index in [0.29, 0.717) is 33.6 Å². The minimum atomic E-state index is -0.741. The van der Waals surface area contributed by atoms with Gasteiger partial charge in [0.05, 0.1) is 26.3 Å². The van der Waals surface area contributed by atoms with E-state index in [-0.39, 0.29) is 5.91 Å². The van der Waals surface area contributed by atoms with Crippen LogP contribution in [0.25, 0.3) is 0 Å². The van der Waals surface area contributed by atoms with Gasteiger partial charge < -0.3 is 11.1 Å². The zero-order valence-corrected chi connectivity index (χ0v) is 10.5. The first kappa shape index (κ1) is 12.0. The number of anilines is 1. The Bertz CT molecular complexity index is 458. The van der Waals surface area contributed by atoms with Crippen molar-refractivity contribution in [1.29, 1.82) is 0 Å². The smallest absolute Gasteiger partial charge is 0.244 e. The van der Waals surface area contributed by atoms with Crippen LogP contribution >= 0.6 is 34.8 Å². The summed E-state index contributed by atoms with van der Waals surface area (Å²) >= 11 is 17.5.